The molecule has 1 aliphatic heterocycles. The van der Waals surface area contributed by atoms with Crippen LogP contribution in [-0.2, 0) is 23.8 Å². The van der Waals surface area contributed by atoms with Crippen LogP contribution in [0.1, 0.15) is 53.9 Å². The van der Waals surface area contributed by atoms with Crippen molar-refractivity contribution in [2.75, 3.05) is 7.11 Å². The molecule has 0 amide bonds. The zero-order valence-electron chi connectivity index (χ0n) is 13.8. The van der Waals surface area contributed by atoms with Gasteiger partial charge in [0.2, 0.25) is 5.79 Å². The highest BCUT2D eigenvalue weighted by atomic mass is 16.7. The van der Waals surface area contributed by atoms with Crippen LogP contribution in [0.3, 0.4) is 0 Å². The second-order valence-corrected chi connectivity index (χ2v) is 6.41. The van der Waals surface area contributed by atoms with Gasteiger partial charge in [-0.05, 0) is 26.7 Å². The van der Waals surface area contributed by atoms with Gasteiger partial charge in [0.15, 0.2) is 0 Å². The molecule has 120 valence electrons. The van der Waals surface area contributed by atoms with E-state index in [1.807, 2.05) is 13.8 Å². The van der Waals surface area contributed by atoms with Crippen molar-refractivity contribution < 1.29 is 23.8 Å². The Bertz CT molecular complexity index is 438. The topological polar surface area (TPSA) is 61.8 Å². The first-order valence-corrected chi connectivity index (χ1v) is 7.25. The fourth-order valence-electron chi connectivity index (χ4n) is 2.44. The fraction of sp³-hybridized carbons (Fsp3) is 0.750. The lowest BCUT2D eigenvalue weighted by Crippen LogP contribution is -2.37. The van der Waals surface area contributed by atoms with Crippen LogP contribution in [0.25, 0.3) is 0 Å². The Hall–Kier alpha value is -1.36. The van der Waals surface area contributed by atoms with Gasteiger partial charge in [-0.1, -0.05) is 6.92 Å². The first kappa shape index (κ1) is 17.7. The number of ether oxygens (including phenoxy) is 3. The van der Waals surface area contributed by atoms with E-state index < -0.39 is 11.4 Å². The molecule has 0 N–H and O–H groups in total. The molecule has 0 unspecified atom stereocenters. The zero-order valence-corrected chi connectivity index (χ0v) is 13.8. The number of cyclic esters (lactones) is 1. The minimum absolute atomic E-state index is 0.0706. The molecule has 2 atom stereocenters. The van der Waals surface area contributed by atoms with E-state index >= 15 is 0 Å². The van der Waals surface area contributed by atoms with Gasteiger partial charge in [-0.2, -0.15) is 0 Å². The summed E-state index contributed by atoms with van der Waals surface area (Å²) < 4.78 is 16.5. The van der Waals surface area contributed by atoms with Gasteiger partial charge in [0.1, 0.15) is 12.0 Å². The van der Waals surface area contributed by atoms with Crippen LogP contribution in [0.2, 0.25) is 0 Å². The van der Waals surface area contributed by atoms with Crippen molar-refractivity contribution in [2.45, 2.75) is 65.3 Å². The smallest absolute Gasteiger partial charge is 0.340 e. The molecule has 1 rings (SSSR count). The van der Waals surface area contributed by atoms with Gasteiger partial charge in [0.25, 0.3) is 0 Å². The number of allylic oxidation sites excluding steroid dienone is 1. The van der Waals surface area contributed by atoms with Crippen LogP contribution in [-0.4, -0.2) is 30.8 Å². The van der Waals surface area contributed by atoms with Crippen molar-refractivity contribution in [1.29, 1.82) is 0 Å². The molecule has 5 heteroatoms. The third-order valence-corrected chi connectivity index (χ3v) is 3.79. The molecule has 1 aliphatic rings. The number of aldehydes is 1. The maximum Gasteiger partial charge on any atom is 0.340 e. The highest BCUT2D eigenvalue weighted by Gasteiger charge is 2.35. The molecule has 0 saturated carbocycles. The monoisotopic (exact) mass is 298 g/mol. The Kier molecular flexibility index (Phi) is 5.56. The van der Waals surface area contributed by atoms with Crippen LogP contribution < -0.4 is 0 Å². The summed E-state index contributed by atoms with van der Waals surface area (Å²) in [5.74, 6) is -0.718. The predicted octanol–water partition coefficient (Wildman–Crippen LogP) is 2.98. The highest BCUT2D eigenvalue weighted by Crippen LogP contribution is 2.33. The van der Waals surface area contributed by atoms with Crippen LogP contribution in [0.5, 0.6) is 0 Å². The lowest BCUT2D eigenvalue weighted by molar-refractivity contribution is -0.209. The highest BCUT2D eigenvalue weighted by molar-refractivity contribution is 5.89. The van der Waals surface area contributed by atoms with E-state index in [9.17, 15) is 9.59 Å². The molecule has 0 aromatic heterocycles. The molecule has 0 radical (unpaired) electrons. The fourth-order valence-corrected chi connectivity index (χ4v) is 2.44. The van der Waals surface area contributed by atoms with E-state index in [2.05, 4.69) is 0 Å². The van der Waals surface area contributed by atoms with Crippen molar-refractivity contribution in [2.24, 2.45) is 5.92 Å². The van der Waals surface area contributed by atoms with E-state index in [0.29, 0.717) is 30.6 Å². The molecule has 0 aliphatic carbocycles. The van der Waals surface area contributed by atoms with Crippen molar-refractivity contribution in [3.63, 3.8) is 0 Å². The second-order valence-electron chi connectivity index (χ2n) is 6.41. The molecular formula is C16H26O5. The van der Waals surface area contributed by atoms with E-state index in [4.69, 9.17) is 14.2 Å². The number of methoxy groups -OCH3 is 1. The van der Waals surface area contributed by atoms with E-state index in [0.717, 1.165) is 6.29 Å². The second kappa shape index (κ2) is 6.60. The third kappa shape index (κ3) is 4.84. The first-order valence-electron chi connectivity index (χ1n) is 7.25. The van der Waals surface area contributed by atoms with Crippen molar-refractivity contribution >= 4 is 12.3 Å². The van der Waals surface area contributed by atoms with E-state index in [1.165, 1.54) is 0 Å². The zero-order chi connectivity index (χ0) is 16.3. The standard InChI is InChI=1S/C16H26O5/c1-11(10-17)9-16(5,19-6)8-7-13-12(2)14(18)21-15(3,4)20-13/h10-11H,7-9H2,1-6H3/t11-,16+/m1/s1. The number of hydrogen-bond donors (Lipinski definition) is 0. The number of carbonyl (C=O) groups excluding carboxylic acids is 2. The predicted molar refractivity (Wildman–Crippen MR) is 78.4 cm³/mol. The van der Waals surface area contributed by atoms with Crippen LogP contribution in [0, 0.1) is 5.92 Å². The summed E-state index contributed by atoms with van der Waals surface area (Å²) in [4.78, 5) is 22.6. The Morgan fingerprint density at radius 2 is 2.00 bits per heavy atom. The number of carbonyl (C=O) groups is 2. The molecule has 0 aromatic rings. The van der Waals surface area contributed by atoms with Gasteiger partial charge in [0.05, 0.1) is 11.2 Å². The number of rotatable bonds is 7. The molecule has 0 bridgehead atoms. The maximum absolute atomic E-state index is 11.8. The van der Waals surface area contributed by atoms with E-state index in [-0.39, 0.29) is 11.9 Å². The molecule has 0 aromatic carbocycles. The van der Waals surface area contributed by atoms with Gasteiger partial charge < -0.3 is 19.0 Å². The summed E-state index contributed by atoms with van der Waals surface area (Å²) in [7, 11) is 1.64. The Morgan fingerprint density at radius 1 is 1.38 bits per heavy atom. The molecule has 0 spiro atoms. The van der Waals surface area contributed by atoms with Crippen molar-refractivity contribution in [3.8, 4) is 0 Å². The molecular weight excluding hydrogens is 272 g/mol. The number of hydrogen-bond acceptors (Lipinski definition) is 5. The summed E-state index contributed by atoms with van der Waals surface area (Å²) in [5.41, 5.74) is 0.0684. The van der Waals surface area contributed by atoms with Gasteiger partial charge in [-0.3, -0.25) is 0 Å². The average Bonchev–Trinajstić information content (AvgIpc) is 2.40. The largest absolute Gasteiger partial charge is 0.457 e. The Labute approximate surface area is 126 Å². The van der Waals surface area contributed by atoms with Crippen molar-refractivity contribution in [3.05, 3.63) is 11.3 Å². The normalized spacial score (nSPS) is 22.1. The summed E-state index contributed by atoms with van der Waals surface area (Å²) in [6.45, 7) is 8.95. The lowest BCUT2D eigenvalue weighted by atomic mass is 9.88. The molecule has 1 heterocycles. The Morgan fingerprint density at radius 3 is 2.52 bits per heavy atom. The maximum atomic E-state index is 11.8. The van der Waals surface area contributed by atoms with Crippen LogP contribution in [0.15, 0.2) is 11.3 Å². The molecule has 0 saturated heterocycles. The van der Waals surface area contributed by atoms with E-state index in [1.54, 1.807) is 27.9 Å². The summed E-state index contributed by atoms with van der Waals surface area (Å²) in [6.07, 6.45) is 2.80. The molecule has 5 nitrogen and oxygen atoms in total. The molecule has 21 heavy (non-hydrogen) atoms. The average molecular weight is 298 g/mol. The third-order valence-electron chi connectivity index (χ3n) is 3.79. The molecule has 0 fully saturated rings. The summed E-state index contributed by atoms with van der Waals surface area (Å²) in [6, 6.07) is 0. The Balaban J connectivity index is 2.78. The lowest BCUT2D eigenvalue weighted by Gasteiger charge is -2.35. The van der Waals surface area contributed by atoms with Crippen LogP contribution >= 0.6 is 0 Å². The van der Waals surface area contributed by atoms with Crippen molar-refractivity contribution in [1.82, 2.24) is 0 Å². The quantitative estimate of drug-likeness (QED) is 0.534. The minimum atomic E-state index is -0.939. The summed E-state index contributed by atoms with van der Waals surface area (Å²) in [5, 5.41) is 0. The minimum Gasteiger partial charge on any atom is -0.457 e. The number of esters is 1. The SMILES string of the molecule is CO[C@@](C)(CCC1=C(C)C(=O)OC(C)(C)O1)C[C@@H](C)C=O. The van der Waals surface area contributed by atoms with Gasteiger partial charge >= 0.3 is 5.97 Å². The van der Waals surface area contributed by atoms with Gasteiger partial charge in [-0.25, -0.2) is 4.79 Å². The van der Waals surface area contributed by atoms with Crippen LogP contribution in [0.4, 0.5) is 0 Å². The van der Waals surface area contributed by atoms with Gasteiger partial charge in [-0.15, -0.1) is 0 Å². The first-order chi connectivity index (χ1) is 9.62. The summed E-state index contributed by atoms with van der Waals surface area (Å²) >= 11 is 0. The van der Waals surface area contributed by atoms with Gasteiger partial charge in [0, 0.05) is 33.3 Å².